The summed E-state index contributed by atoms with van der Waals surface area (Å²) in [7, 11) is 0. The molecule has 1 heterocycles. The van der Waals surface area contributed by atoms with E-state index in [1.54, 1.807) is 12.3 Å². The summed E-state index contributed by atoms with van der Waals surface area (Å²) in [5.74, 6) is -0.405. The summed E-state index contributed by atoms with van der Waals surface area (Å²) in [5, 5.41) is 2.45. The largest absolute Gasteiger partial charge is 0.461 e. The molecular weight excluding hydrogens is 384 g/mol. The number of hydrogen-bond acceptors (Lipinski definition) is 5. The zero-order chi connectivity index (χ0) is 21.1. The number of aromatic nitrogens is 1. The first-order valence-corrected chi connectivity index (χ1v) is 11.5. The number of benzene rings is 1. The Morgan fingerprint density at radius 1 is 1.03 bits per heavy atom. The van der Waals surface area contributed by atoms with E-state index in [-0.39, 0.29) is 5.91 Å². The number of carbonyl (C=O) groups excluding carboxylic acids is 2. The van der Waals surface area contributed by atoms with Gasteiger partial charge in [-0.25, -0.2) is 9.78 Å². The molecule has 1 aromatic heterocycles. The van der Waals surface area contributed by atoms with Crippen molar-refractivity contribution >= 4 is 23.2 Å². The maximum Gasteiger partial charge on any atom is 0.357 e. The summed E-state index contributed by atoms with van der Waals surface area (Å²) < 4.78 is 5.01. The number of rotatable bonds is 12. The molecule has 5 nitrogen and oxygen atoms in total. The Morgan fingerprint density at radius 3 is 2.41 bits per heavy atom. The Labute approximate surface area is 178 Å². The van der Waals surface area contributed by atoms with Gasteiger partial charge in [-0.05, 0) is 43.9 Å². The predicted octanol–water partition coefficient (Wildman–Crippen LogP) is 5.50. The smallest absolute Gasteiger partial charge is 0.357 e. The van der Waals surface area contributed by atoms with Gasteiger partial charge in [0.15, 0.2) is 5.69 Å². The molecule has 6 heteroatoms. The molecular formula is C23H32N2O3S. The molecule has 0 unspecified atom stereocenters. The van der Waals surface area contributed by atoms with Crippen LogP contribution in [-0.2, 0) is 17.7 Å². The van der Waals surface area contributed by atoms with Crippen molar-refractivity contribution in [3.63, 3.8) is 0 Å². The van der Waals surface area contributed by atoms with Crippen molar-refractivity contribution in [1.82, 2.24) is 9.88 Å². The second-order valence-electron chi connectivity index (χ2n) is 7.08. The van der Waals surface area contributed by atoms with E-state index in [2.05, 4.69) is 31.0 Å². The number of aryl methyl sites for hydroxylation is 1. The molecule has 0 aliphatic carbocycles. The number of esters is 1. The van der Waals surface area contributed by atoms with Crippen molar-refractivity contribution < 1.29 is 14.3 Å². The third-order valence-electron chi connectivity index (χ3n) is 4.70. The highest BCUT2D eigenvalue weighted by atomic mass is 32.1. The second kappa shape index (κ2) is 12.4. The lowest BCUT2D eigenvalue weighted by Gasteiger charge is -2.22. The third-order valence-corrected chi connectivity index (χ3v) is 5.53. The molecule has 29 heavy (non-hydrogen) atoms. The normalized spacial score (nSPS) is 10.7. The monoisotopic (exact) mass is 416 g/mol. The van der Waals surface area contributed by atoms with Crippen molar-refractivity contribution in [1.29, 1.82) is 0 Å². The number of hydrogen-bond donors (Lipinski definition) is 0. The van der Waals surface area contributed by atoms with Crippen molar-refractivity contribution in [3.8, 4) is 0 Å². The number of unbranched alkanes of at least 4 members (excludes halogenated alkanes) is 3. The lowest BCUT2D eigenvalue weighted by Crippen LogP contribution is -2.31. The summed E-state index contributed by atoms with van der Waals surface area (Å²) in [6, 6.07) is 7.95. The van der Waals surface area contributed by atoms with Crippen molar-refractivity contribution in [2.24, 2.45) is 0 Å². The maximum atomic E-state index is 13.1. The minimum absolute atomic E-state index is 0.0102. The maximum absolute atomic E-state index is 13.1. The number of nitrogens with zero attached hydrogens (tertiary/aromatic N) is 2. The van der Waals surface area contributed by atoms with E-state index in [0.29, 0.717) is 31.0 Å². The van der Waals surface area contributed by atoms with Crippen LogP contribution in [0.1, 0.15) is 84.3 Å². The fraction of sp³-hybridized carbons (Fsp3) is 0.522. The lowest BCUT2D eigenvalue weighted by atomic mass is 10.1. The van der Waals surface area contributed by atoms with Gasteiger partial charge in [-0.3, -0.25) is 4.79 Å². The molecule has 0 fully saturated rings. The molecule has 0 bridgehead atoms. The van der Waals surface area contributed by atoms with Crippen LogP contribution in [-0.4, -0.2) is 34.9 Å². The predicted molar refractivity (Wildman–Crippen MR) is 117 cm³/mol. The molecule has 0 spiro atoms. The van der Waals surface area contributed by atoms with E-state index >= 15 is 0 Å². The third kappa shape index (κ3) is 7.28. The molecule has 0 atom stereocenters. The van der Waals surface area contributed by atoms with Crippen LogP contribution in [0.2, 0.25) is 0 Å². The van der Waals surface area contributed by atoms with Crippen LogP contribution in [0.15, 0.2) is 29.6 Å². The van der Waals surface area contributed by atoms with Gasteiger partial charge in [-0.1, -0.05) is 45.2 Å². The van der Waals surface area contributed by atoms with Crippen molar-refractivity contribution in [2.75, 3.05) is 13.2 Å². The minimum Gasteiger partial charge on any atom is -0.461 e. The average Bonchev–Trinajstić information content (AvgIpc) is 3.20. The van der Waals surface area contributed by atoms with Crippen LogP contribution in [0.5, 0.6) is 0 Å². The number of thiazole rings is 1. The molecule has 2 rings (SSSR count). The summed E-state index contributed by atoms with van der Waals surface area (Å²) in [4.78, 5) is 31.2. The number of carbonyl (C=O) groups is 2. The Kier molecular flexibility index (Phi) is 9.84. The van der Waals surface area contributed by atoms with Crippen molar-refractivity contribution in [2.45, 2.75) is 65.8 Å². The molecule has 1 amide bonds. The van der Waals surface area contributed by atoms with Crippen LogP contribution in [0, 0.1) is 0 Å². The molecule has 0 aliphatic rings. The van der Waals surface area contributed by atoms with Gasteiger partial charge in [0.2, 0.25) is 0 Å². The van der Waals surface area contributed by atoms with Gasteiger partial charge in [0.25, 0.3) is 5.91 Å². The van der Waals surface area contributed by atoms with Crippen LogP contribution in [0.3, 0.4) is 0 Å². The van der Waals surface area contributed by atoms with Crippen LogP contribution in [0.25, 0.3) is 0 Å². The molecule has 0 N–H and O–H groups in total. The van der Waals surface area contributed by atoms with Gasteiger partial charge in [0.05, 0.1) is 13.2 Å². The van der Waals surface area contributed by atoms with E-state index in [1.807, 2.05) is 17.0 Å². The first-order chi connectivity index (χ1) is 14.1. The lowest BCUT2D eigenvalue weighted by molar-refractivity contribution is 0.0520. The standard InChI is InChI=1S/C23H32N2O3S/c1-4-7-9-15-25(16-21-24-20(17-29-21)23(27)28-6-3)22(26)19-13-11-18(12-14-19)10-8-5-2/h11-14,17H,4-10,15-16H2,1-3H3. The topological polar surface area (TPSA) is 59.5 Å². The van der Waals surface area contributed by atoms with Gasteiger partial charge in [0.1, 0.15) is 5.01 Å². The fourth-order valence-electron chi connectivity index (χ4n) is 3.03. The highest BCUT2D eigenvalue weighted by molar-refractivity contribution is 7.09. The SMILES string of the molecule is CCCCCN(Cc1nc(C(=O)OCC)cs1)C(=O)c1ccc(CCCC)cc1. The molecule has 1 aromatic carbocycles. The Balaban J connectivity index is 2.10. The van der Waals surface area contributed by atoms with E-state index in [0.717, 1.165) is 43.5 Å². The Morgan fingerprint density at radius 2 is 1.76 bits per heavy atom. The molecule has 0 aliphatic heterocycles. The fourth-order valence-corrected chi connectivity index (χ4v) is 3.81. The summed E-state index contributed by atoms with van der Waals surface area (Å²) in [6.07, 6.45) is 6.48. The molecule has 0 radical (unpaired) electrons. The van der Waals surface area contributed by atoms with Gasteiger partial charge < -0.3 is 9.64 Å². The van der Waals surface area contributed by atoms with Gasteiger partial charge >= 0.3 is 5.97 Å². The molecule has 0 saturated heterocycles. The summed E-state index contributed by atoms with van der Waals surface area (Å²) in [5.41, 5.74) is 2.27. The summed E-state index contributed by atoms with van der Waals surface area (Å²) in [6.45, 7) is 7.50. The van der Waals surface area contributed by atoms with Gasteiger partial charge in [-0.2, -0.15) is 0 Å². The Bertz CT molecular complexity index is 771. The number of ether oxygens (including phenoxy) is 1. The van der Waals surface area contributed by atoms with Crippen LogP contribution >= 0.6 is 11.3 Å². The quantitative estimate of drug-likeness (QED) is 0.339. The zero-order valence-corrected chi connectivity index (χ0v) is 18.6. The van der Waals surface area contributed by atoms with E-state index in [4.69, 9.17) is 4.74 Å². The number of amides is 1. The van der Waals surface area contributed by atoms with Crippen molar-refractivity contribution in [3.05, 3.63) is 51.5 Å². The minimum atomic E-state index is -0.415. The van der Waals surface area contributed by atoms with E-state index in [9.17, 15) is 9.59 Å². The van der Waals surface area contributed by atoms with Gasteiger partial charge in [-0.15, -0.1) is 11.3 Å². The summed E-state index contributed by atoms with van der Waals surface area (Å²) >= 11 is 1.39. The highest BCUT2D eigenvalue weighted by Crippen LogP contribution is 2.17. The molecule has 158 valence electrons. The van der Waals surface area contributed by atoms with Gasteiger partial charge in [0, 0.05) is 17.5 Å². The zero-order valence-electron chi connectivity index (χ0n) is 17.8. The highest BCUT2D eigenvalue weighted by Gasteiger charge is 2.19. The first kappa shape index (κ1) is 23.1. The molecule has 2 aromatic rings. The molecule has 0 saturated carbocycles. The Hall–Kier alpha value is -2.21. The first-order valence-electron chi connectivity index (χ1n) is 10.6. The van der Waals surface area contributed by atoms with E-state index < -0.39 is 5.97 Å². The average molecular weight is 417 g/mol. The van der Waals surface area contributed by atoms with Crippen LogP contribution in [0.4, 0.5) is 0 Å². The second-order valence-corrected chi connectivity index (χ2v) is 8.02. The van der Waals surface area contributed by atoms with E-state index in [1.165, 1.54) is 16.9 Å². The van der Waals surface area contributed by atoms with Crippen LogP contribution < -0.4 is 0 Å².